The number of nitrogens with zero attached hydrogens (tertiary/aromatic N) is 1. The molecule has 0 atom stereocenters. The van der Waals surface area contributed by atoms with Gasteiger partial charge in [0, 0.05) is 25.6 Å². The molecule has 19 heavy (non-hydrogen) atoms. The summed E-state index contributed by atoms with van der Waals surface area (Å²) in [5, 5.41) is 0. The molecule has 0 saturated carbocycles. The van der Waals surface area contributed by atoms with Crippen molar-refractivity contribution in [3.8, 4) is 0 Å². The van der Waals surface area contributed by atoms with Gasteiger partial charge in [0.05, 0.1) is 0 Å². The van der Waals surface area contributed by atoms with E-state index in [2.05, 4.69) is 0 Å². The molecule has 0 radical (unpaired) electrons. The van der Waals surface area contributed by atoms with E-state index in [-0.39, 0.29) is 30.2 Å². The number of carbonyl (C=O) groups excluding carboxylic acids is 1. The first-order chi connectivity index (χ1) is 8.65. The zero-order valence-electron chi connectivity index (χ0n) is 10.8. The van der Waals surface area contributed by atoms with Crippen LogP contribution < -0.4 is 5.73 Å². The first-order valence-corrected chi connectivity index (χ1v) is 6.43. The Labute approximate surface area is 119 Å². The predicted octanol–water partition coefficient (Wildman–Crippen LogP) is 2.13. The third-order valence-electron chi connectivity index (χ3n) is 3.43. The second kappa shape index (κ2) is 7.46. The van der Waals surface area contributed by atoms with Crippen molar-refractivity contribution >= 4 is 18.3 Å². The minimum atomic E-state index is -0.241. The van der Waals surface area contributed by atoms with Gasteiger partial charge in [-0.2, -0.15) is 0 Å². The van der Waals surface area contributed by atoms with E-state index in [1.54, 1.807) is 12.1 Å². The predicted molar refractivity (Wildman–Crippen MR) is 75.8 cm³/mol. The van der Waals surface area contributed by atoms with Gasteiger partial charge in [-0.05, 0) is 37.0 Å². The highest BCUT2D eigenvalue weighted by Crippen LogP contribution is 2.11. The summed E-state index contributed by atoms with van der Waals surface area (Å²) >= 11 is 0. The third kappa shape index (κ3) is 4.80. The smallest absolute Gasteiger partial charge is 0.222 e. The Kier molecular flexibility index (Phi) is 6.25. The minimum absolute atomic E-state index is 0. The van der Waals surface area contributed by atoms with Gasteiger partial charge in [0.15, 0.2) is 0 Å². The zero-order valence-corrected chi connectivity index (χ0v) is 11.7. The van der Waals surface area contributed by atoms with E-state index in [4.69, 9.17) is 5.73 Å². The first-order valence-electron chi connectivity index (χ1n) is 6.43. The molecule has 2 rings (SSSR count). The zero-order chi connectivity index (χ0) is 13.0. The van der Waals surface area contributed by atoms with Crippen molar-refractivity contribution < 1.29 is 9.18 Å². The lowest BCUT2D eigenvalue weighted by Crippen LogP contribution is -2.42. The van der Waals surface area contributed by atoms with E-state index in [9.17, 15) is 9.18 Å². The molecule has 2 N–H and O–H groups in total. The van der Waals surface area contributed by atoms with Gasteiger partial charge in [-0.3, -0.25) is 4.79 Å². The standard InChI is InChI=1S/C14H19FN2O.ClH/c15-12-4-1-11(2-5-12)3-6-14(18)17-9-7-13(16)8-10-17;/h1-2,4-5,13H,3,6-10,16H2;1H. The van der Waals surface area contributed by atoms with E-state index in [0.29, 0.717) is 12.8 Å². The van der Waals surface area contributed by atoms with Crippen LogP contribution >= 0.6 is 12.4 Å². The maximum atomic E-state index is 12.7. The molecule has 0 aliphatic carbocycles. The Balaban J connectivity index is 0.00000180. The molecule has 1 aliphatic rings. The summed E-state index contributed by atoms with van der Waals surface area (Å²) in [5.41, 5.74) is 6.80. The molecule has 1 amide bonds. The van der Waals surface area contributed by atoms with Crippen LogP contribution in [0.3, 0.4) is 0 Å². The lowest BCUT2D eigenvalue weighted by molar-refractivity contribution is -0.132. The number of carbonyl (C=O) groups is 1. The molecular weight excluding hydrogens is 267 g/mol. The molecule has 5 heteroatoms. The minimum Gasteiger partial charge on any atom is -0.343 e. The van der Waals surface area contributed by atoms with E-state index >= 15 is 0 Å². The fraction of sp³-hybridized carbons (Fsp3) is 0.500. The summed E-state index contributed by atoms with van der Waals surface area (Å²) < 4.78 is 12.7. The van der Waals surface area contributed by atoms with Crippen LogP contribution in [0, 0.1) is 5.82 Å². The van der Waals surface area contributed by atoms with Crippen LogP contribution in [0.15, 0.2) is 24.3 Å². The largest absolute Gasteiger partial charge is 0.343 e. The van der Waals surface area contributed by atoms with Crippen molar-refractivity contribution in [2.24, 2.45) is 5.73 Å². The molecule has 1 heterocycles. The van der Waals surface area contributed by atoms with Crippen molar-refractivity contribution in [2.45, 2.75) is 31.7 Å². The molecule has 106 valence electrons. The summed E-state index contributed by atoms with van der Waals surface area (Å²) in [5.74, 6) is -0.0682. The topological polar surface area (TPSA) is 46.3 Å². The second-order valence-electron chi connectivity index (χ2n) is 4.84. The van der Waals surface area contributed by atoms with Crippen molar-refractivity contribution in [1.29, 1.82) is 0 Å². The Morgan fingerprint density at radius 3 is 2.42 bits per heavy atom. The van der Waals surface area contributed by atoms with Crippen molar-refractivity contribution in [2.75, 3.05) is 13.1 Å². The second-order valence-corrected chi connectivity index (χ2v) is 4.84. The first kappa shape index (κ1) is 15.9. The Morgan fingerprint density at radius 1 is 1.26 bits per heavy atom. The van der Waals surface area contributed by atoms with Gasteiger partial charge >= 0.3 is 0 Å². The van der Waals surface area contributed by atoms with Crippen LogP contribution in [0.25, 0.3) is 0 Å². The number of aryl methyl sites for hydroxylation is 1. The highest BCUT2D eigenvalue weighted by Gasteiger charge is 2.19. The van der Waals surface area contributed by atoms with Crippen LogP contribution in [-0.4, -0.2) is 29.9 Å². The molecule has 1 aromatic rings. The summed E-state index contributed by atoms with van der Waals surface area (Å²) in [6.45, 7) is 1.53. The van der Waals surface area contributed by atoms with Crippen LogP contribution in [-0.2, 0) is 11.2 Å². The van der Waals surface area contributed by atoms with E-state index < -0.39 is 0 Å². The summed E-state index contributed by atoms with van der Waals surface area (Å²) in [7, 11) is 0. The SMILES string of the molecule is Cl.NC1CCN(C(=O)CCc2ccc(F)cc2)CC1. The van der Waals surface area contributed by atoms with E-state index in [1.165, 1.54) is 12.1 Å². The summed E-state index contributed by atoms with van der Waals surface area (Å²) in [4.78, 5) is 13.8. The van der Waals surface area contributed by atoms with Crippen LogP contribution in [0.5, 0.6) is 0 Å². The van der Waals surface area contributed by atoms with Crippen molar-refractivity contribution in [1.82, 2.24) is 4.90 Å². The van der Waals surface area contributed by atoms with Crippen LogP contribution in [0.2, 0.25) is 0 Å². The average Bonchev–Trinajstić information content (AvgIpc) is 2.38. The number of nitrogens with two attached hydrogens (primary N) is 1. The molecule has 3 nitrogen and oxygen atoms in total. The Morgan fingerprint density at radius 2 is 1.84 bits per heavy atom. The van der Waals surface area contributed by atoms with Crippen LogP contribution in [0.4, 0.5) is 4.39 Å². The average molecular weight is 287 g/mol. The lowest BCUT2D eigenvalue weighted by atomic mass is 10.0. The fourth-order valence-electron chi connectivity index (χ4n) is 2.21. The Hall–Kier alpha value is -1.13. The van der Waals surface area contributed by atoms with Gasteiger partial charge in [0.2, 0.25) is 5.91 Å². The van der Waals surface area contributed by atoms with Gasteiger partial charge in [0.25, 0.3) is 0 Å². The molecule has 0 unspecified atom stereocenters. The maximum Gasteiger partial charge on any atom is 0.222 e. The molecule has 1 fully saturated rings. The van der Waals surface area contributed by atoms with Crippen molar-refractivity contribution in [3.63, 3.8) is 0 Å². The maximum absolute atomic E-state index is 12.7. The number of hydrogen-bond acceptors (Lipinski definition) is 2. The number of halogens is 2. The quantitative estimate of drug-likeness (QED) is 0.925. The number of hydrogen-bond donors (Lipinski definition) is 1. The number of rotatable bonds is 3. The number of benzene rings is 1. The van der Waals surface area contributed by atoms with Crippen molar-refractivity contribution in [3.05, 3.63) is 35.6 Å². The molecule has 0 spiro atoms. The molecular formula is C14H20ClFN2O. The summed E-state index contributed by atoms with van der Waals surface area (Å²) in [6.07, 6.45) is 2.94. The van der Waals surface area contributed by atoms with Gasteiger partial charge in [-0.15, -0.1) is 12.4 Å². The highest BCUT2D eigenvalue weighted by molar-refractivity contribution is 5.85. The molecule has 1 aromatic carbocycles. The van der Waals surface area contributed by atoms with Gasteiger partial charge in [0.1, 0.15) is 5.82 Å². The normalized spacial score (nSPS) is 16.0. The number of amides is 1. The van der Waals surface area contributed by atoms with Crippen LogP contribution in [0.1, 0.15) is 24.8 Å². The fourth-order valence-corrected chi connectivity index (χ4v) is 2.21. The lowest BCUT2D eigenvalue weighted by Gasteiger charge is -2.30. The number of likely N-dealkylation sites (tertiary alicyclic amines) is 1. The molecule has 1 saturated heterocycles. The third-order valence-corrected chi connectivity index (χ3v) is 3.43. The molecule has 1 aliphatic heterocycles. The van der Waals surface area contributed by atoms with Gasteiger partial charge < -0.3 is 10.6 Å². The molecule has 0 bridgehead atoms. The van der Waals surface area contributed by atoms with E-state index in [1.807, 2.05) is 4.90 Å². The highest BCUT2D eigenvalue weighted by atomic mass is 35.5. The monoisotopic (exact) mass is 286 g/mol. The summed E-state index contributed by atoms with van der Waals surface area (Å²) in [6, 6.07) is 6.56. The van der Waals surface area contributed by atoms with E-state index in [0.717, 1.165) is 31.5 Å². The number of piperidine rings is 1. The van der Waals surface area contributed by atoms with Gasteiger partial charge in [-0.25, -0.2) is 4.39 Å². The van der Waals surface area contributed by atoms with Gasteiger partial charge in [-0.1, -0.05) is 12.1 Å². The Bertz CT molecular complexity index is 402. The molecule has 0 aromatic heterocycles.